The fourth-order valence-electron chi connectivity index (χ4n) is 2.56. The number of ether oxygens (including phenoxy) is 1. The molecule has 3 nitrogen and oxygen atoms in total. The molecule has 1 unspecified atom stereocenters. The van der Waals surface area contributed by atoms with E-state index >= 15 is 0 Å². The molecule has 1 saturated heterocycles. The average molecular weight is 251 g/mol. The summed E-state index contributed by atoms with van der Waals surface area (Å²) in [7, 11) is 0. The van der Waals surface area contributed by atoms with Crippen molar-refractivity contribution < 1.29 is 13.9 Å². The standard InChI is InChI=1S/C14H18FNO2/c1-10-7-16(9-14(2,3)18-10)13-6-4-5-12(15)11(13)8-17/h4-6,8,10H,7,9H2,1-3H3. The van der Waals surface area contributed by atoms with Gasteiger partial charge in [0.1, 0.15) is 5.82 Å². The highest BCUT2D eigenvalue weighted by Crippen LogP contribution is 2.28. The summed E-state index contributed by atoms with van der Waals surface area (Å²) in [5.41, 5.74) is 0.472. The maximum Gasteiger partial charge on any atom is 0.155 e. The van der Waals surface area contributed by atoms with Crippen molar-refractivity contribution in [1.29, 1.82) is 0 Å². The fourth-order valence-corrected chi connectivity index (χ4v) is 2.56. The van der Waals surface area contributed by atoms with Gasteiger partial charge in [0.2, 0.25) is 0 Å². The minimum Gasteiger partial charge on any atom is -0.369 e. The van der Waals surface area contributed by atoms with Crippen LogP contribution in [0.3, 0.4) is 0 Å². The predicted molar refractivity (Wildman–Crippen MR) is 68.6 cm³/mol. The number of hydrogen-bond acceptors (Lipinski definition) is 3. The molecule has 1 fully saturated rings. The molecule has 1 aromatic rings. The van der Waals surface area contributed by atoms with Crippen molar-refractivity contribution in [3.05, 3.63) is 29.6 Å². The summed E-state index contributed by atoms with van der Waals surface area (Å²) in [5, 5.41) is 0. The molecule has 0 N–H and O–H groups in total. The van der Waals surface area contributed by atoms with E-state index in [1.54, 1.807) is 12.1 Å². The molecule has 1 aliphatic rings. The Kier molecular flexibility index (Phi) is 3.39. The van der Waals surface area contributed by atoms with E-state index in [9.17, 15) is 9.18 Å². The van der Waals surface area contributed by atoms with Crippen molar-refractivity contribution in [1.82, 2.24) is 0 Å². The van der Waals surface area contributed by atoms with Gasteiger partial charge in [-0.3, -0.25) is 4.79 Å². The molecule has 18 heavy (non-hydrogen) atoms. The number of aldehydes is 1. The number of benzene rings is 1. The van der Waals surface area contributed by atoms with E-state index < -0.39 is 5.82 Å². The summed E-state index contributed by atoms with van der Waals surface area (Å²) >= 11 is 0. The molecular weight excluding hydrogens is 233 g/mol. The number of hydrogen-bond donors (Lipinski definition) is 0. The molecule has 0 amide bonds. The monoisotopic (exact) mass is 251 g/mol. The van der Waals surface area contributed by atoms with E-state index in [4.69, 9.17) is 4.74 Å². The first kappa shape index (κ1) is 13.0. The lowest BCUT2D eigenvalue weighted by molar-refractivity contribution is -0.0750. The lowest BCUT2D eigenvalue weighted by Gasteiger charge is -2.43. The molecular formula is C14H18FNO2. The van der Waals surface area contributed by atoms with Gasteiger partial charge in [0.05, 0.1) is 23.0 Å². The number of anilines is 1. The molecule has 98 valence electrons. The van der Waals surface area contributed by atoms with Crippen molar-refractivity contribution in [2.45, 2.75) is 32.5 Å². The molecule has 1 heterocycles. The van der Waals surface area contributed by atoms with E-state index in [1.165, 1.54) is 6.07 Å². The largest absolute Gasteiger partial charge is 0.369 e. The summed E-state index contributed by atoms with van der Waals surface area (Å²) in [6.45, 7) is 7.27. The topological polar surface area (TPSA) is 29.5 Å². The molecule has 0 radical (unpaired) electrons. The van der Waals surface area contributed by atoms with Gasteiger partial charge in [-0.15, -0.1) is 0 Å². The summed E-state index contributed by atoms with van der Waals surface area (Å²) < 4.78 is 19.4. The van der Waals surface area contributed by atoms with Crippen molar-refractivity contribution in [2.24, 2.45) is 0 Å². The molecule has 0 aromatic heterocycles. The van der Waals surface area contributed by atoms with E-state index in [0.717, 1.165) is 0 Å². The van der Waals surface area contributed by atoms with Gasteiger partial charge in [-0.25, -0.2) is 4.39 Å². The number of halogens is 1. The molecule has 0 bridgehead atoms. The molecule has 2 rings (SSSR count). The normalized spacial score (nSPS) is 22.9. The summed E-state index contributed by atoms with van der Waals surface area (Å²) in [6.07, 6.45) is 0.633. The van der Waals surface area contributed by atoms with Gasteiger partial charge in [0, 0.05) is 13.1 Å². The van der Waals surface area contributed by atoms with Crippen LogP contribution in [0, 0.1) is 5.82 Å². The second kappa shape index (κ2) is 4.69. The van der Waals surface area contributed by atoms with Crippen LogP contribution in [0.25, 0.3) is 0 Å². The van der Waals surface area contributed by atoms with E-state index in [2.05, 4.69) is 0 Å². The Balaban J connectivity index is 2.36. The van der Waals surface area contributed by atoms with Crippen molar-refractivity contribution in [3.8, 4) is 0 Å². The molecule has 0 spiro atoms. The number of nitrogens with zero attached hydrogens (tertiary/aromatic N) is 1. The van der Waals surface area contributed by atoms with Crippen LogP contribution in [0.1, 0.15) is 31.1 Å². The van der Waals surface area contributed by atoms with Gasteiger partial charge >= 0.3 is 0 Å². The third-order valence-corrected chi connectivity index (χ3v) is 3.06. The maximum atomic E-state index is 13.6. The van der Waals surface area contributed by atoms with Gasteiger partial charge in [0.25, 0.3) is 0 Å². The molecule has 1 atom stereocenters. The summed E-state index contributed by atoms with van der Waals surface area (Å²) in [4.78, 5) is 13.1. The van der Waals surface area contributed by atoms with Crippen LogP contribution >= 0.6 is 0 Å². The predicted octanol–water partition coefficient (Wildman–Crippen LogP) is 2.64. The van der Waals surface area contributed by atoms with E-state index in [0.29, 0.717) is 25.1 Å². The van der Waals surface area contributed by atoms with Crippen LogP contribution in [0.15, 0.2) is 18.2 Å². The van der Waals surface area contributed by atoms with Crippen molar-refractivity contribution in [3.63, 3.8) is 0 Å². The first-order chi connectivity index (χ1) is 8.43. The number of carbonyl (C=O) groups excluding carboxylic acids is 1. The van der Waals surface area contributed by atoms with Crippen LogP contribution in [0.5, 0.6) is 0 Å². The highest BCUT2D eigenvalue weighted by atomic mass is 19.1. The zero-order valence-corrected chi connectivity index (χ0v) is 10.9. The van der Waals surface area contributed by atoms with Gasteiger partial charge < -0.3 is 9.64 Å². The second-order valence-corrected chi connectivity index (χ2v) is 5.36. The lowest BCUT2D eigenvalue weighted by Crippen LogP contribution is -2.52. The highest BCUT2D eigenvalue weighted by Gasteiger charge is 2.32. The molecule has 4 heteroatoms. The first-order valence-corrected chi connectivity index (χ1v) is 6.09. The third kappa shape index (κ3) is 2.53. The smallest absolute Gasteiger partial charge is 0.155 e. The third-order valence-electron chi connectivity index (χ3n) is 3.06. The molecule has 1 aliphatic heterocycles. The molecule has 0 saturated carbocycles. The average Bonchev–Trinajstić information content (AvgIpc) is 2.25. The van der Waals surface area contributed by atoms with Gasteiger partial charge in [0.15, 0.2) is 6.29 Å². The SMILES string of the molecule is CC1CN(c2cccc(F)c2C=O)CC(C)(C)O1. The number of rotatable bonds is 2. The van der Waals surface area contributed by atoms with Gasteiger partial charge in [-0.1, -0.05) is 6.07 Å². The van der Waals surface area contributed by atoms with Crippen LogP contribution in [0.2, 0.25) is 0 Å². The van der Waals surface area contributed by atoms with Crippen molar-refractivity contribution in [2.75, 3.05) is 18.0 Å². The Morgan fingerprint density at radius 1 is 1.50 bits per heavy atom. The molecule has 1 aromatic carbocycles. The highest BCUT2D eigenvalue weighted by molar-refractivity contribution is 5.85. The Morgan fingerprint density at radius 2 is 2.22 bits per heavy atom. The summed E-state index contributed by atoms with van der Waals surface area (Å²) in [5.74, 6) is -0.473. The van der Waals surface area contributed by atoms with E-state index in [-0.39, 0.29) is 17.3 Å². The van der Waals surface area contributed by atoms with Crippen LogP contribution in [0.4, 0.5) is 10.1 Å². The van der Waals surface area contributed by atoms with E-state index in [1.807, 2.05) is 25.7 Å². The number of morpholine rings is 1. The Morgan fingerprint density at radius 3 is 2.83 bits per heavy atom. The molecule has 0 aliphatic carbocycles. The maximum absolute atomic E-state index is 13.6. The fraction of sp³-hybridized carbons (Fsp3) is 0.500. The minimum absolute atomic E-state index is 0.0523. The first-order valence-electron chi connectivity index (χ1n) is 6.09. The van der Waals surface area contributed by atoms with Crippen LogP contribution in [-0.2, 0) is 4.74 Å². The Bertz CT molecular complexity index is 459. The Labute approximate surface area is 107 Å². The van der Waals surface area contributed by atoms with Crippen LogP contribution in [-0.4, -0.2) is 31.1 Å². The van der Waals surface area contributed by atoms with Crippen molar-refractivity contribution >= 4 is 12.0 Å². The van der Waals surface area contributed by atoms with Crippen LogP contribution < -0.4 is 4.90 Å². The Hall–Kier alpha value is -1.42. The van der Waals surface area contributed by atoms with Gasteiger partial charge in [-0.05, 0) is 32.9 Å². The zero-order valence-electron chi connectivity index (χ0n) is 10.9. The quantitative estimate of drug-likeness (QED) is 0.757. The zero-order chi connectivity index (χ0) is 13.3. The second-order valence-electron chi connectivity index (χ2n) is 5.36. The number of carbonyl (C=O) groups is 1. The van der Waals surface area contributed by atoms with Gasteiger partial charge in [-0.2, -0.15) is 0 Å². The minimum atomic E-state index is -0.473. The summed E-state index contributed by atoms with van der Waals surface area (Å²) in [6, 6.07) is 4.72. The lowest BCUT2D eigenvalue weighted by atomic mass is 10.0.